The summed E-state index contributed by atoms with van der Waals surface area (Å²) in [6.07, 6.45) is 0.797. The number of carbonyl (C=O) groups is 1. The molecule has 0 radical (unpaired) electrons. The van der Waals surface area contributed by atoms with Gasteiger partial charge in [0.1, 0.15) is 11.5 Å². The molecule has 0 heterocycles. The van der Waals surface area contributed by atoms with Crippen LogP contribution >= 0.6 is 27.5 Å². The number of fused-ring (bicyclic) bond motifs is 1. The first kappa shape index (κ1) is 14.1. The molecule has 0 saturated heterocycles. The van der Waals surface area contributed by atoms with Gasteiger partial charge in [0.25, 0.3) is 0 Å². The van der Waals surface area contributed by atoms with Gasteiger partial charge in [-0.3, -0.25) is 4.79 Å². The minimum Gasteiger partial charge on any atom is -0.457 e. The van der Waals surface area contributed by atoms with E-state index in [9.17, 15) is 4.79 Å². The zero-order valence-corrected chi connectivity index (χ0v) is 13.2. The molecular weight excluding hydrogens is 352 g/mol. The van der Waals surface area contributed by atoms with Gasteiger partial charge in [-0.05, 0) is 46.3 Å². The third-order valence-electron chi connectivity index (χ3n) is 3.16. The molecule has 0 aromatic heterocycles. The molecule has 4 heteroatoms. The van der Waals surface area contributed by atoms with Crippen molar-refractivity contribution < 1.29 is 9.53 Å². The monoisotopic (exact) mass is 360 g/mol. The molecule has 0 spiro atoms. The molecule has 0 fully saturated rings. The normalized spacial score (nSPS) is 10.6. The Morgan fingerprint density at radius 2 is 1.76 bits per heavy atom. The fourth-order valence-corrected chi connectivity index (χ4v) is 2.80. The number of ether oxygens (including phenoxy) is 1. The number of halogens is 2. The summed E-state index contributed by atoms with van der Waals surface area (Å²) < 4.78 is 6.62. The molecular formula is C17H10BrClO2. The SMILES string of the molecule is O=Cc1ccc(Oc2ccc(Cl)c3ccccc23)cc1Br. The van der Waals surface area contributed by atoms with Crippen molar-refractivity contribution in [1.29, 1.82) is 0 Å². The van der Waals surface area contributed by atoms with Crippen molar-refractivity contribution in [3.05, 3.63) is 69.7 Å². The van der Waals surface area contributed by atoms with Crippen LogP contribution in [0.2, 0.25) is 5.02 Å². The second-order valence-electron chi connectivity index (χ2n) is 4.49. The molecule has 104 valence electrons. The van der Waals surface area contributed by atoms with Crippen LogP contribution in [-0.4, -0.2) is 6.29 Å². The summed E-state index contributed by atoms with van der Waals surface area (Å²) in [4.78, 5) is 10.8. The first-order valence-electron chi connectivity index (χ1n) is 6.29. The van der Waals surface area contributed by atoms with Gasteiger partial charge in [-0.15, -0.1) is 0 Å². The van der Waals surface area contributed by atoms with E-state index in [-0.39, 0.29) is 0 Å². The lowest BCUT2D eigenvalue weighted by Gasteiger charge is -2.10. The molecule has 3 aromatic rings. The first-order chi connectivity index (χ1) is 10.2. The van der Waals surface area contributed by atoms with Crippen molar-refractivity contribution >= 4 is 44.6 Å². The highest BCUT2D eigenvalue weighted by Gasteiger charge is 2.07. The van der Waals surface area contributed by atoms with Crippen LogP contribution in [0.1, 0.15) is 10.4 Å². The summed E-state index contributed by atoms with van der Waals surface area (Å²) in [5.74, 6) is 1.38. The molecule has 0 saturated carbocycles. The Hall–Kier alpha value is -1.84. The molecule has 0 bridgehead atoms. The summed E-state index contributed by atoms with van der Waals surface area (Å²) >= 11 is 9.54. The predicted octanol–water partition coefficient (Wildman–Crippen LogP) is 5.86. The van der Waals surface area contributed by atoms with E-state index in [1.807, 2.05) is 36.4 Å². The number of hydrogen-bond donors (Lipinski definition) is 0. The predicted molar refractivity (Wildman–Crippen MR) is 88.6 cm³/mol. The third-order valence-corrected chi connectivity index (χ3v) is 4.17. The second kappa shape index (κ2) is 5.88. The Balaban J connectivity index is 2.04. The minimum atomic E-state index is 0.586. The summed E-state index contributed by atoms with van der Waals surface area (Å²) in [6.45, 7) is 0. The Kier molecular flexibility index (Phi) is 3.95. The Morgan fingerprint density at radius 1 is 1.00 bits per heavy atom. The van der Waals surface area contributed by atoms with Gasteiger partial charge in [-0.2, -0.15) is 0 Å². The number of aldehydes is 1. The van der Waals surface area contributed by atoms with Crippen LogP contribution in [0.5, 0.6) is 11.5 Å². The molecule has 0 aliphatic heterocycles. The van der Waals surface area contributed by atoms with E-state index >= 15 is 0 Å². The van der Waals surface area contributed by atoms with Crippen molar-refractivity contribution in [1.82, 2.24) is 0 Å². The summed E-state index contributed by atoms with van der Waals surface area (Å²) in [5, 5.41) is 2.58. The van der Waals surface area contributed by atoms with Gasteiger partial charge in [0.2, 0.25) is 0 Å². The molecule has 21 heavy (non-hydrogen) atoms. The van der Waals surface area contributed by atoms with E-state index < -0.39 is 0 Å². The number of rotatable bonds is 3. The largest absolute Gasteiger partial charge is 0.457 e. The van der Waals surface area contributed by atoms with Crippen molar-refractivity contribution in [2.45, 2.75) is 0 Å². The number of hydrogen-bond acceptors (Lipinski definition) is 2. The van der Waals surface area contributed by atoms with Gasteiger partial charge in [-0.1, -0.05) is 35.9 Å². The number of carbonyl (C=O) groups excluding carboxylic acids is 1. The lowest BCUT2D eigenvalue weighted by molar-refractivity contribution is 0.112. The molecule has 0 aliphatic rings. The maximum Gasteiger partial charge on any atom is 0.151 e. The highest BCUT2D eigenvalue weighted by Crippen LogP contribution is 2.34. The first-order valence-corrected chi connectivity index (χ1v) is 7.46. The molecule has 3 rings (SSSR count). The van der Waals surface area contributed by atoms with E-state index in [2.05, 4.69) is 15.9 Å². The van der Waals surface area contributed by atoms with E-state index in [0.717, 1.165) is 22.8 Å². The fourth-order valence-electron chi connectivity index (χ4n) is 2.12. The molecule has 2 nitrogen and oxygen atoms in total. The quantitative estimate of drug-likeness (QED) is 0.546. The van der Waals surface area contributed by atoms with E-state index in [4.69, 9.17) is 16.3 Å². The van der Waals surface area contributed by atoms with Gasteiger partial charge in [0, 0.05) is 25.8 Å². The number of benzene rings is 3. The van der Waals surface area contributed by atoms with Crippen molar-refractivity contribution in [2.75, 3.05) is 0 Å². The highest BCUT2D eigenvalue weighted by molar-refractivity contribution is 9.10. The molecule has 0 unspecified atom stereocenters. The molecule has 0 atom stereocenters. The van der Waals surface area contributed by atoms with Gasteiger partial charge < -0.3 is 4.74 Å². The minimum absolute atomic E-state index is 0.586. The van der Waals surface area contributed by atoms with Gasteiger partial charge in [0.15, 0.2) is 6.29 Å². The Morgan fingerprint density at radius 3 is 2.48 bits per heavy atom. The zero-order valence-electron chi connectivity index (χ0n) is 10.8. The topological polar surface area (TPSA) is 26.3 Å². The van der Waals surface area contributed by atoms with Gasteiger partial charge in [0.05, 0.1) is 0 Å². The standard InChI is InChI=1S/C17H10BrClO2/c18-15-9-12(6-5-11(15)10-20)21-17-8-7-16(19)13-3-1-2-4-14(13)17/h1-10H. The van der Waals surface area contributed by atoms with Crippen LogP contribution in [0.4, 0.5) is 0 Å². The van der Waals surface area contributed by atoms with Crippen LogP contribution in [0.3, 0.4) is 0 Å². The lowest BCUT2D eigenvalue weighted by Crippen LogP contribution is -1.88. The van der Waals surface area contributed by atoms with Crippen LogP contribution < -0.4 is 4.74 Å². The average Bonchev–Trinajstić information content (AvgIpc) is 2.51. The average molecular weight is 362 g/mol. The summed E-state index contributed by atoms with van der Waals surface area (Å²) in [5.41, 5.74) is 0.586. The van der Waals surface area contributed by atoms with E-state index in [1.54, 1.807) is 18.2 Å². The van der Waals surface area contributed by atoms with Crippen LogP contribution in [0, 0.1) is 0 Å². The summed E-state index contributed by atoms with van der Waals surface area (Å²) in [7, 11) is 0. The second-order valence-corrected chi connectivity index (χ2v) is 5.76. The Bertz CT molecular complexity index is 830. The fraction of sp³-hybridized carbons (Fsp3) is 0. The smallest absolute Gasteiger partial charge is 0.151 e. The van der Waals surface area contributed by atoms with E-state index in [0.29, 0.717) is 20.8 Å². The van der Waals surface area contributed by atoms with Crippen LogP contribution in [0.25, 0.3) is 10.8 Å². The highest BCUT2D eigenvalue weighted by atomic mass is 79.9. The van der Waals surface area contributed by atoms with Crippen LogP contribution in [0.15, 0.2) is 59.1 Å². The van der Waals surface area contributed by atoms with Crippen LogP contribution in [-0.2, 0) is 0 Å². The van der Waals surface area contributed by atoms with Crippen molar-refractivity contribution in [3.63, 3.8) is 0 Å². The maximum absolute atomic E-state index is 10.8. The molecule has 0 amide bonds. The molecule has 0 aliphatic carbocycles. The third kappa shape index (κ3) is 2.80. The molecule has 0 N–H and O–H groups in total. The Labute approximate surface area is 135 Å². The van der Waals surface area contributed by atoms with Crippen molar-refractivity contribution in [2.24, 2.45) is 0 Å². The summed E-state index contributed by atoms with van der Waals surface area (Å²) in [6, 6.07) is 16.7. The zero-order chi connectivity index (χ0) is 14.8. The van der Waals surface area contributed by atoms with Crippen molar-refractivity contribution in [3.8, 4) is 11.5 Å². The maximum atomic E-state index is 10.8. The lowest BCUT2D eigenvalue weighted by atomic mass is 10.1. The van der Waals surface area contributed by atoms with E-state index in [1.165, 1.54) is 0 Å². The van der Waals surface area contributed by atoms with Gasteiger partial charge >= 0.3 is 0 Å². The molecule has 3 aromatic carbocycles. The van der Waals surface area contributed by atoms with Gasteiger partial charge in [-0.25, -0.2) is 0 Å².